The fourth-order valence-electron chi connectivity index (χ4n) is 4.07. The molecule has 0 bridgehead atoms. The molecule has 0 spiro atoms. The second-order valence-corrected chi connectivity index (χ2v) is 11.8. The molecule has 1 amide bonds. The Morgan fingerprint density at radius 1 is 0.903 bits per heavy atom. The van der Waals surface area contributed by atoms with Crippen LogP contribution in [0.3, 0.4) is 0 Å². The van der Waals surface area contributed by atoms with Crippen molar-refractivity contribution in [1.82, 2.24) is 9.71 Å². The molecule has 31 heavy (non-hydrogen) atoms. The molecule has 0 atom stereocenters. The average Bonchev–Trinajstić information content (AvgIpc) is 2.73. The number of benzene rings is 2. The standard InChI is InChI=1S/C24H29N3O3S/c1-24(2,3)31(29,30)27-17-14-12-16(13-15-17)23(28)26-22-18-8-4-6-10-20(18)25-21-11-7-5-9-19(21)22/h4-11,16-17,27H,12-15H2,1-3H3,(H,25,26,28)/t16-,17-. The fourth-order valence-corrected chi connectivity index (χ4v) is 5.10. The molecule has 4 rings (SSSR count). The summed E-state index contributed by atoms with van der Waals surface area (Å²) >= 11 is 0. The summed E-state index contributed by atoms with van der Waals surface area (Å²) in [6.07, 6.45) is 2.63. The summed E-state index contributed by atoms with van der Waals surface area (Å²) in [6, 6.07) is 15.5. The van der Waals surface area contributed by atoms with Gasteiger partial charge in [0.15, 0.2) is 0 Å². The molecule has 0 saturated heterocycles. The summed E-state index contributed by atoms with van der Waals surface area (Å²) < 4.78 is 26.8. The molecular formula is C24H29N3O3S. The van der Waals surface area contributed by atoms with Gasteiger partial charge >= 0.3 is 0 Å². The zero-order valence-corrected chi connectivity index (χ0v) is 19.0. The molecule has 1 heterocycles. The quantitative estimate of drug-likeness (QED) is 0.582. The lowest BCUT2D eigenvalue weighted by Gasteiger charge is -2.31. The van der Waals surface area contributed by atoms with Crippen molar-refractivity contribution in [2.45, 2.75) is 57.2 Å². The zero-order chi connectivity index (χ0) is 22.2. The topological polar surface area (TPSA) is 88.2 Å². The van der Waals surface area contributed by atoms with Crippen LogP contribution in [0.1, 0.15) is 46.5 Å². The minimum Gasteiger partial charge on any atom is -0.325 e. The minimum atomic E-state index is -3.39. The van der Waals surface area contributed by atoms with Gasteiger partial charge in [0, 0.05) is 22.7 Å². The molecular weight excluding hydrogens is 410 g/mol. The highest BCUT2D eigenvalue weighted by molar-refractivity contribution is 7.90. The van der Waals surface area contributed by atoms with Gasteiger partial charge in [0.05, 0.1) is 21.5 Å². The molecule has 1 aromatic heterocycles. The number of fused-ring (bicyclic) bond motifs is 2. The van der Waals surface area contributed by atoms with Crippen LogP contribution in [-0.2, 0) is 14.8 Å². The summed E-state index contributed by atoms with van der Waals surface area (Å²) in [6.45, 7) is 5.08. The summed E-state index contributed by atoms with van der Waals surface area (Å²) in [4.78, 5) is 17.8. The number of carbonyl (C=O) groups is 1. The average molecular weight is 440 g/mol. The van der Waals surface area contributed by atoms with E-state index in [-0.39, 0.29) is 17.9 Å². The number of hydrogen-bond acceptors (Lipinski definition) is 4. The van der Waals surface area contributed by atoms with Gasteiger partial charge in [-0.2, -0.15) is 0 Å². The second-order valence-electron chi connectivity index (χ2n) is 9.29. The number of anilines is 1. The Balaban J connectivity index is 1.50. The monoisotopic (exact) mass is 439 g/mol. The SMILES string of the molecule is CC(C)(C)S(=O)(=O)N[C@H]1CC[C@H](C(=O)Nc2c3ccccc3nc3ccccc23)CC1. The summed E-state index contributed by atoms with van der Waals surface area (Å²) in [5.74, 6) is -0.153. The van der Waals surface area contributed by atoms with Gasteiger partial charge in [0.2, 0.25) is 15.9 Å². The van der Waals surface area contributed by atoms with Gasteiger partial charge in [-0.1, -0.05) is 36.4 Å². The van der Waals surface area contributed by atoms with Gasteiger partial charge in [-0.3, -0.25) is 4.79 Å². The number of sulfonamides is 1. The van der Waals surface area contributed by atoms with Crippen LogP contribution in [0.5, 0.6) is 0 Å². The van der Waals surface area contributed by atoms with E-state index in [0.29, 0.717) is 25.7 Å². The lowest BCUT2D eigenvalue weighted by molar-refractivity contribution is -0.120. The van der Waals surface area contributed by atoms with Crippen LogP contribution in [0.4, 0.5) is 5.69 Å². The molecule has 7 heteroatoms. The number of nitrogens with zero attached hydrogens (tertiary/aromatic N) is 1. The molecule has 3 aromatic rings. The third-order valence-electron chi connectivity index (χ3n) is 6.06. The number of pyridine rings is 1. The number of nitrogens with one attached hydrogen (secondary N) is 2. The summed E-state index contributed by atoms with van der Waals surface area (Å²) in [5.41, 5.74) is 2.48. The normalized spacial score (nSPS) is 20.1. The Labute approximate surface area is 183 Å². The predicted molar refractivity (Wildman–Crippen MR) is 125 cm³/mol. The maximum atomic E-state index is 13.1. The maximum Gasteiger partial charge on any atom is 0.227 e. The fraction of sp³-hybridized carbons (Fsp3) is 0.417. The lowest BCUT2D eigenvalue weighted by Crippen LogP contribution is -2.46. The molecule has 1 saturated carbocycles. The first-order chi connectivity index (χ1) is 14.7. The van der Waals surface area contributed by atoms with Gasteiger partial charge in [0.1, 0.15) is 0 Å². The van der Waals surface area contributed by atoms with E-state index in [1.165, 1.54) is 0 Å². The van der Waals surface area contributed by atoms with E-state index in [1.54, 1.807) is 20.8 Å². The van der Waals surface area contributed by atoms with Crippen molar-refractivity contribution in [2.75, 3.05) is 5.32 Å². The minimum absolute atomic E-state index is 0.0152. The summed E-state index contributed by atoms with van der Waals surface area (Å²) in [5, 5.41) is 5.00. The van der Waals surface area contributed by atoms with Crippen molar-refractivity contribution in [1.29, 1.82) is 0 Å². The number of amides is 1. The highest BCUT2D eigenvalue weighted by atomic mass is 32.2. The molecule has 2 N–H and O–H groups in total. The molecule has 1 fully saturated rings. The highest BCUT2D eigenvalue weighted by Gasteiger charge is 2.34. The van der Waals surface area contributed by atoms with Gasteiger partial charge < -0.3 is 5.32 Å². The smallest absolute Gasteiger partial charge is 0.227 e. The van der Waals surface area contributed by atoms with E-state index in [0.717, 1.165) is 27.5 Å². The third-order valence-corrected chi connectivity index (χ3v) is 8.32. The van der Waals surface area contributed by atoms with Gasteiger partial charge in [-0.05, 0) is 58.6 Å². The second kappa shape index (κ2) is 8.20. The molecule has 1 aliphatic rings. The van der Waals surface area contributed by atoms with E-state index in [1.807, 2.05) is 48.5 Å². The number of carbonyl (C=O) groups excluding carboxylic acids is 1. The maximum absolute atomic E-state index is 13.1. The van der Waals surface area contributed by atoms with Crippen LogP contribution in [0, 0.1) is 5.92 Å². The van der Waals surface area contributed by atoms with Crippen LogP contribution in [-0.4, -0.2) is 30.1 Å². The van der Waals surface area contributed by atoms with E-state index in [2.05, 4.69) is 10.0 Å². The summed E-state index contributed by atoms with van der Waals surface area (Å²) in [7, 11) is -3.39. The van der Waals surface area contributed by atoms with Gasteiger partial charge in [-0.15, -0.1) is 0 Å². The molecule has 0 radical (unpaired) electrons. The Morgan fingerprint density at radius 2 is 1.42 bits per heavy atom. The number of aromatic nitrogens is 1. The Bertz CT molecular complexity index is 1170. The Morgan fingerprint density at radius 3 is 1.94 bits per heavy atom. The van der Waals surface area contributed by atoms with Crippen LogP contribution >= 0.6 is 0 Å². The van der Waals surface area contributed by atoms with E-state index in [9.17, 15) is 13.2 Å². The van der Waals surface area contributed by atoms with Crippen LogP contribution in [0.15, 0.2) is 48.5 Å². The first-order valence-corrected chi connectivity index (χ1v) is 12.2. The van der Waals surface area contributed by atoms with Crippen LogP contribution < -0.4 is 10.0 Å². The molecule has 0 aliphatic heterocycles. The Kier molecular flexibility index (Phi) is 5.75. The highest BCUT2D eigenvalue weighted by Crippen LogP contribution is 2.33. The number of hydrogen-bond donors (Lipinski definition) is 2. The predicted octanol–water partition coefficient (Wildman–Crippen LogP) is 4.60. The molecule has 164 valence electrons. The van der Waals surface area contributed by atoms with Gasteiger partial charge in [0.25, 0.3) is 0 Å². The molecule has 0 unspecified atom stereocenters. The van der Waals surface area contributed by atoms with E-state index < -0.39 is 14.8 Å². The van der Waals surface area contributed by atoms with E-state index in [4.69, 9.17) is 4.98 Å². The van der Waals surface area contributed by atoms with Crippen molar-refractivity contribution in [2.24, 2.45) is 5.92 Å². The van der Waals surface area contributed by atoms with Crippen LogP contribution in [0.25, 0.3) is 21.8 Å². The van der Waals surface area contributed by atoms with Crippen molar-refractivity contribution >= 4 is 43.4 Å². The first kappa shape index (κ1) is 21.7. The first-order valence-electron chi connectivity index (χ1n) is 10.8. The van der Waals surface area contributed by atoms with Crippen molar-refractivity contribution in [3.63, 3.8) is 0 Å². The van der Waals surface area contributed by atoms with Gasteiger partial charge in [-0.25, -0.2) is 18.1 Å². The van der Waals surface area contributed by atoms with E-state index >= 15 is 0 Å². The number of rotatable bonds is 4. The van der Waals surface area contributed by atoms with Crippen molar-refractivity contribution < 1.29 is 13.2 Å². The number of para-hydroxylation sites is 2. The van der Waals surface area contributed by atoms with Crippen LogP contribution in [0.2, 0.25) is 0 Å². The Hall–Kier alpha value is -2.51. The molecule has 1 aliphatic carbocycles. The lowest BCUT2D eigenvalue weighted by atomic mass is 9.86. The third kappa shape index (κ3) is 4.43. The zero-order valence-electron chi connectivity index (χ0n) is 18.2. The van der Waals surface area contributed by atoms with Crippen molar-refractivity contribution in [3.8, 4) is 0 Å². The van der Waals surface area contributed by atoms with Crippen molar-refractivity contribution in [3.05, 3.63) is 48.5 Å². The molecule has 6 nitrogen and oxygen atoms in total. The largest absolute Gasteiger partial charge is 0.325 e. The molecule has 2 aromatic carbocycles.